The van der Waals surface area contributed by atoms with Gasteiger partial charge >= 0.3 is 0 Å². The summed E-state index contributed by atoms with van der Waals surface area (Å²) < 4.78 is 37.8. The van der Waals surface area contributed by atoms with Crippen LogP contribution in [0.25, 0.3) is 0 Å². The first-order chi connectivity index (χ1) is 14.2. The number of rotatable bonds is 9. The van der Waals surface area contributed by atoms with Gasteiger partial charge in [-0.25, -0.2) is 17.9 Å². The number of primary sulfonamides is 1. The zero-order chi connectivity index (χ0) is 22.3. The molecule has 162 valence electrons. The van der Waals surface area contributed by atoms with Crippen LogP contribution in [0.4, 0.5) is 10.1 Å². The fraction of sp³-hybridized carbons (Fsp3) is 0.333. The Morgan fingerprint density at radius 2 is 1.63 bits per heavy atom. The molecule has 0 aliphatic heterocycles. The van der Waals surface area contributed by atoms with Crippen molar-refractivity contribution in [2.45, 2.75) is 31.6 Å². The Morgan fingerprint density at radius 1 is 1.00 bits per heavy atom. The highest BCUT2D eigenvalue weighted by Crippen LogP contribution is 2.22. The summed E-state index contributed by atoms with van der Waals surface area (Å²) in [5, 5.41) is 5.15. The van der Waals surface area contributed by atoms with E-state index in [1.54, 1.807) is 11.0 Å². The van der Waals surface area contributed by atoms with Crippen LogP contribution >= 0.6 is 0 Å². The van der Waals surface area contributed by atoms with Crippen molar-refractivity contribution in [3.8, 4) is 0 Å². The van der Waals surface area contributed by atoms with Crippen LogP contribution < -0.4 is 10.0 Å². The number of carbonyl (C=O) groups is 2. The summed E-state index contributed by atoms with van der Waals surface area (Å²) in [6.45, 7) is 4.54. The van der Waals surface area contributed by atoms with Crippen molar-refractivity contribution in [1.29, 1.82) is 0 Å². The highest BCUT2D eigenvalue weighted by Gasteiger charge is 2.26. The average molecular weight is 436 g/mol. The lowest BCUT2D eigenvalue weighted by molar-refractivity contribution is -0.129. The predicted octanol–water partition coefficient (Wildman–Crippen LogP) is 2.77. The molecule has 0 aliphatic rings. The van der Waals surface area contributed by atoms with Crippen molar-refractivity contribution in [3.63, 3.8) is 0 Å². The molecule has 2 aromatic rings. The standard InChI is InChI=1S/C21H26FN3O4S/c1-3-12-24(13-4-2)20(26)15-25(19-11-6-5-10-18(19)22)21(27)16-8-7-9-17(14-16)30(23,28)29/h5-11,14H,3-4,12-13,15H2,1-2H3,(H2,23,28,29). The van der Waals surface area contributed by atoms with Crippen molar-refractivity contribution in [2.75, 3.05) is 24.5 Å². The van der Waals surface area contributed by atoms with Crippen LogP contribution in [0.15, 0.2) is 53.4 Å². The molecule has 2 N–H and O–H groups in total. The molecule has 2 rings (SSSR count). The third kappa shape index (κ3) is 5.87. The summed E-state index contributed by atoms with van der Waals surface area (Å²) in [5.74, 6) is -1.69. The number of nitrogens with two attached hydrogens (primary N) is 1. The quantitative estimate of drug-likeness (QED) is 0.654. The molecule has 0 aliphatic carbocycles. The molecule has 9 heteroatoms. The summed E-state index contributed by atoms with van der Waals surface area (Å²) in [6, 6.07) is 10.8. The van der Waals surface area contributed by atoms with E-state index in [1.165, 1.54) is 36.4 Å². The van der Waals surface area contributed by atoms with Gasteiger partial charge in [-0.1, -0.05) is 32.0 Å². The molecular weight excluding hydrogens is 409 g/mol. The van der Waals surface area contributed by atoms with E-state index in [0.29, 0.717) is 13.1 Å². The van der Waals surface area contributed by atoms with Gasteiger partial charge in [-0.3, -0.25) is 14.5 Å². The van der Waals surface area contributed by atoms with Crippen molar-refractivity contribution in [3.05, 3.63) is 59.9 Å². The van der Waals surface area contributed by atoms with Gasteiger partial charge in [0.25, 0.3) is 5.91 Å². The van der Waals surface area contributed by atoms with E-state index in [0.717, 1.165) is 23.8 Å². The number of carbonyl (C=O) groups excluding carboxylic acids is 2. The maximum atomic E-state index is 14.5. The highest BCUT2D eigenvalue weighted by molar-refractivity contribution is 7.89. The fourth-order valence-corrected chi connectivity index (χ4v) is 3.59. The van der Waals surface area contributed by atoms with Gasteiger partial charge in [0.05, 0.1) is 10.6 Å². The Morgan fingerprint density at radius 3 is 2.20 bits per heavy atom. The van der Waals surface area contributed by atoms with E-state index in [-0.39, 0.29) is 28.6 Å². The second kappa shape index (κ2) is 10.3. The van der Waals surface area contributed by atoms with Crippen molar-refractivity contribution in [1.82, 2.24) is 4.90 Å². The molecule has 0 aromatic heterocycles. The SMILES string of the molecule is CCCN(CCC)C(=O)CN(C(=O)c1cccc(S(N)(=O)=O)c1)c1ccccc1F. The molecule has 0 atom stereocenters. The molecule has 2 aromatic carbocycles. The second-order valence-electron chi connectivity index (χ2n) is 6.80. The van der Waals surface area contributed by atoms with Crippen LogP contribution in [0, 0.1) is 5.82 Å². The zero-order valence-corrected chi connectivity index (χ0v) is 17.9. The summed E-state index contributed by atoms with van der Waals surface area (Å²) in [7, 11) is -4.03. The van der Waals surface area contributed by atoms with E-state index in [4.69, 9.17) is 5.14 Å². The van der Waals surface area contributed by atoms with Crippen LogP contribution in [0.1, 0.15) is 37.0 Å². The van der Waals surface area contributed by atoms with Gasteiger partial charge in [-0.05, 0) is 43.2 Å². The molecule has 2 amide bonds. The molecule has 30 heavy (non-hydrogen) atoms. The van der Waals surface area contributed by atoms with E-state index in [1.807, 2.05) is 13.8 Å². The van der Waals surface area contributed by atoms with Gasteiger partial charge in [-0.15, -0.1) is 0 Å². The lowest BCUT2D eigenvalue weighted by atomic mass is 10.1. The number of para-hydroxylation sites is 1. The second-order valence-corrected chi connectivity index (χ2v) is 8.36. The Labute approximate surface area is 176 Å². The average Bonchev–Trinajstić information content (AvgIpc) is 2.71. The van der Waals surface area contributed by atoms with Crippen LogP contribution in [-0.4, -0.2) is 44.8 Å². The molecule has 0 spiro atoms. The Kier molecular flexibility index (Phi) is 8.08. The lowest BCUT2D eigenvalue weighted by Gasteiger charge is -2.27. The number of amides is 2. The molecule has 0 unspecified atom stereocenters. The molecule has 0 heterocycles. The zero-order valence-electron chi connectivity index (χ0n) is 17.0. The minimum absolute atomic E-state index is 0.0184. The number of nitrogens with zero attached hydrogens (tertiary/aromatic N) is 2. The minimum atomic E-state index is -4.03. The first-order valence-electron chi connectivity index (χ1n) is 9.66. The van der Waals surface area contributed by atoms with Crippen LogP contribution in [-0.2, 0) is 14.8 Å². The van der Waals surface area contributed by atoms with Crippen LogP contribution in [0.5, 0.6) is 0 Å². The highest BCUT2D eigenvalue weighted by atomic mass is 32.2. The number of anilines is 1. The first-order valence-corrected chi connectivity index (χ1v) is 11.2. The third-order valence-corrected chi connectivity index (χ3v) is 5.34. The largest absolute Gasteiger partial charge is 0.341 e. The van der Waals surface area contributed by atoms with Crippen molar-refractivity contribution >= 4 is 27.5 Å². The number of halogens is 1. The Hall–Kier alpha value is -2.78. The topological polar surface area (TPSA) is 101 Å². The van der Waals surface area contributed by atoms with Gasteiger partial charge < -0.3 is 4.90 Å². The summed E-state index contributed by atoms with van der Waals surface area (Å²) in [6.07, 6.45) is 1.49. The van der Waals surface area contributed by atoms with Gasteiger partial charge in [0.1, 0.15) is 12.4 Å². The van der Waals surface area contributed by atoms with Crippen LogP contribution in [0.2, 0.25) is 0 Å². The van der Waals surface area contributed by atoms with E-state index >= 15 is 0 Å². The monoisotopic (exact) mass is 435 g/mol. The lowest BCUT2D eigenvalue weighted by Crippen LogP contribution is -2.44. The molecule has 7 nitrogen and oxygen atoms in total. The van der Waals surface area contributed by atoms with Crippen LogP contribution in [0.3, 0.4) is 0 Å². The summed E-state index contributed by atoms with van der Waals surface area (Å²) >= 11 is 0. The first kappa shape index (κ1) is 23.5. The summed E-state index contributed by atoms with van der Waals surface area (Å²) in [4.78, 5) is 28.5. The molecule has 0 saturated heterocycles. The summed E-state index contributed by atoms with van der Waals surface area (Å²) in [5.41, 5.74) is -0.0834. The molecule has 0 radical (unpaired) electrons. The predicted molar refractivity (Wildman–Crippen MR) is 113 cm³/mol. The molecule has 0 bridgehead atoms. The third-order valence-electron chi connectivity index (χ3n) is 4.43. The fourth-order valence-electron chi connectivity index (χ4n) is 3.04. The number of hydrogen-bond donors (Lipinski definition) is 1. The number of benzene rings is 2. The molecular formula is C21H26FN3O4S. The number of sulfonamides is 1. The normalized spacial score (nSPS) is 11.2. The van der Waals surface area contributed by atoms with E-state index in [9.17, 15) is 22.4 Å². The maximum Gasteiger partial charge on any atom is 0.258 e. The molecule has 0 saturated carbocycles. The van der Waals surface area contributed by atoms with Crippen molar-refractivity contribution < 1.29 is 22.4 Å². The Bertz CT molecular complexity index is 1000. The van der Waals surface area contributed by atoms with E-state index in [2.05, 4.69) is 0 Å². The Balaban J connectivity index is 2.46. The van der Waals surface area contributed by atoms with Gasteiger partial charge in [0.15, 0.2) is 0 Å². The van der Waals surface area contributed by atoms with E-state index < -0.39 is 21.7 Å². The smallest absolute Gasteiger partial charge is 0.258 e. The van der Waals surface area contributed by atoms with Gasteiger partial charge in [-0.2, -0.15) is 0 Å². The van der Waals surface area contributed by atoms with Gasteiger partial charge in [0, 0.05) is 18.7 Å². The van der Waals surface area contributed by atoms with Crippen molar-refractivity contribution in [2.24, 2.45) is 5.14 Å². The molecule has 0 fully saturated rings. The minimum Gasteiger partial charge on any atom is -0.341 e. The maximum absolute atomic E-state index is 14.5. The number of hydrogen-bond acceptors (Lipinski definition) is 4. The van der Waals surface area contributed by atoms with Gasteiger partial charge in [0.2, 0.25) is 15.9 Å².